The Morgan fingerprint density at radius 1 is 0.909 bits per heavy atom. The van der Waals surface area contributed by atoms with Crippen LogP contribution >= 0.6 is 15.9 Å². The van der Waals surface area contributed by atoms with Crippen LogP contribution in [0.15, 0.2) is 87.2 Å². The number of fused-ring (bicyclic) bond motifs is 4. The molecule has 162 valence electrons. The Bertz CT molecular complexity index is 1790. The van der Waals surface area contributed by atoms with E-state index in [1.165, 1.54) is 0 Å². The van der Waals surface area contributed by atoms with E-state index in [1.54, 1.807) is 47.0 Å². The van der Waals surface area contributed by atoms with Crippen LogP contribution in [-0.2, 0) is 9.84 Å². The van der Waals surface area contributed by atoms with Crippen molar-refractivity contribution in [3.63, 3.8) is 0 Å². The van der Waals surface area contributed by atoms with Crippen LogP contribution in [0, 0.1) is 6.92 Å². The summed E-state index contributed by atoms with van der Waals surface area (Å²) >= 11 is 3.44. The van der Waals surface area contributed by atoms with Crippen molar-refractivity contribution in [1.29, 1.82) is 0 Å². The highest BCUT2D eigenvalue weighted by molar-refractivity contribution is 9.10. The van der Waals surface area contributed by atoms with Crippen LogP contribution in [0.1, 0.15) is 5.56 Å². The minimum absolute atomic E-state index is 0.215. The standard InChI is InChI=1S/C24H16BrN5O2S/c1-14-2-8-17(9-3-14)33(31,32)18-10-11-19-20(12-18)26-23-22(19)29-30-13-21(27-24(30)28-23)15-4-6-16(25)7-5-15/h2-13H,1H3,(H,26,27,28). The maximum Gasteiger partial charge on any atom is 0.253 e. The van der Waals surface area contributed by atoms with Crippen molar-refractivity contribution < 1.29 is 8.42 Å². The number of imidazole rings is 1. The van der Waals surface area contributed by atoms with Gasteiger partial charge in [-0.05, 0) is 49.4 Å². The first-order valence-corrected chi connectivity index (χ1v) is 12.4. The molecular weight excluding hydrogens is 502 g/mol. The molecule has 0 saturated heterocycles. The van der Waals surface area contributed by atoms with E-state index in [4.69, 9.17) is 5.10 Å². The van der Waals surface area contributed by atoms with E-state index in [0.717, 1.165) is 26.7 Å². The van der Waals surface area contributed by atoms with Gasteiger partial charge < -0.3 is 4.98 Å². The zero-order chi connectivity index (χ0) is 22.7. The summed E-state index contributed by atoms with van der Waals surface area (Å²) in [5.74, 6) is 0.458. The first-order chi connectivity index (χ1) is 15.9. The summed E-state index contributed by atoms with van der Waals surface area (Å²) in [6.07, 6.45) is 1.83. The Labute approximate surface area is 197 Å². The minimum Gasteiger partial charge on any atom is -0.338 e. The lowest BCUT2D eigenvalue weighted by Gasteiger charge is -2.05. The monoisotopic (exact) mass is 517 g/mol. The van der Waals surface area contributed by atoms with Crippen molar-refractivity contribution in [2.45, 2.75) is 16.7 Å². The molecule has 0 bridgehead atoms. The number of rotatable bonds is 3. The number of sulfone groups is 1. The second-order valence-electron chi connectivity index (χ2n) is 7.84. The lowest BCUT2D eigenvalue weighted by molar-refractivity contribution is 0.596. The Hall–Kier alpha value is -3.56. The van der Waals surface area contributed by atoms with Gasteiger partial charge in [-0.2, -0.15) is 10.1 Å². The summed E-state index contributed by atoms with van der Waals surface area (Å²) in [5.41, 5.74) is 4.59. The number of benzene rings is 3. The zero-order valence-electron chi connectivity index (χ0n) is 17.3. The number of hydrogen-bond donors (Lipinski definition) is 1. The Morgan fingerprint density at radius 3 is 2.39 bits per heavy atom. The molecule has 6 rings (SSSR count). The van der Waals surface area contributed by atoms with E-state index in [0.29, 0.717) is 22.5 Å². The fraction of sp³-hybridized carbons (Fsp3) is 0.0417. The lowest BCUT2D eigenvalue weighted by Crippen LogP contribution is -2.01. The first kappa shape index (κ1) is 20.1. The van der Waals surface area contributed by atoms with Crippen molar-refractivity contribution in [3.8, 4) is 11.3 Å². The average Bonchev–Trinajstić information content (AvgIpc) is 3.38. The largest absolute Gasteiger partial charge is 0.338 e. The highest BCUT2D eigenvalue weighted by Gasteiger charge is 2.20. The highest BCUT2D eigenvalue weighted by atomic mass is 79.9. The quantitative estimate of drug-likeness (QED) is 0.342. The van der Waals surface area contributed by atoms with Crippen LogP contribution in [0.4, 0.5) is 0 Å². The maximum absolute atomic E-state index is 13.1. The lowest BCUT2D eigenvalue weighted by atomic mass is 10.2. The average molecular weight is 518 g/mol. The summed E-state index contributed by atoms with van der Waals surface area (Å²) in [7, 11) is -3.63. The molecule has 6 aromatic rings. The second-order valence-corrected chi connectivity index (χ2v) is 10.7. The van der Waals surface area contributed by atoms with E-state index in [2.05, 4.69) is 30.9 Å². The number of aromatic nitrogens is 5. The number of hydrogen-bond acceptors (Lipinski definition) is 5. The molecule has 0 atom stereocenters. The Morgan fingerprint density at radius 2 is 1.64 bits per heavy atom. The fourth-order valence-electron chi connectivity index (χ4n) is 3.83. The molecule has 0 radical (unpaired) electrons. The van der Waals surface area contributed by atoms with Crippen LogP contribution in [0.3, 0.4) is 0 Å². The van der Waals surface area contributed by atoms with E-state index in [-0.39, 0.29) is 9.79 Å². The molecule has 1 N–H and O–H groups in total. The molecule has 9 heteroatoms. The molecule has 0 unspecified atom stereocenters. The van der Waals surface area contributed by atoms with Gasteiger partial charge in [-0.15, -0.1) is 0 Å². The molecule has 0 amide bonds. The zero-order valence-corrected chi connectivity index (χ0v) is 19.7. The van der Waals surface area contributed by atoms with Crippen LogP contribution in [-0.4, -0.2) is 33.0 Å². The van der Waals surface area contributed by atoms with Crippen LogP contribution in [0.5, 0.6) is 0 Å². The van der Waals surface area contributed by atoms with Crippen LogP contribution in [0.25, 0.3) is 39.1 Å². The van der Waals surface area contributed by atoms with Crippen LogP contribution < -0.4 is 0 Å². The molecule has 7 nitrogen and oxygen atoms in total. The molecule has 0 aliphatic heterocycles. The van der Waals surface area contributed by atoms with Gasteiger partial charge in [0.05, 0.1) is 27.2 Å². The summed E-state index contributed by atoms with van der Waals surface area (Å²) in [6.45, 7) is 1.92. The normalized spacial score (nSPS) is 12.2. The second kappa shape index (κ2) is 7.23. The van der Waals surface area contributed by atoms with Crippen molar-refractivity contribution in [2.75, 3.05) is 0 Å². The molecule has 33 heavy (non-hydrogen) atoms. The number of nitrogens with zero attached hydrogens (tertiary/aromatic N) is 4. The number of halogens is 1. The predicted molar refractivity (Wildman–Crippen MR) is 130 cm³/mol. The van der Waals surface area contributed by atoms with Gasteiger partial charge in [-0.3, -0.25) is 0 Å². The molecule has 3 aromatic carbocycles. The topological polar surface area (TPSA) is 93.0 Å². The van der Waals surface area contributed by atoms with Gasteiger partial charge in [0.2, 0.25) is 9.84 Å². The van der Waals surface area contributed by atoms with Crippen molar-refractivity contribution in [1.82, 2.24) is 24.6 Å². The molecule has 3 heterocycles. The third-order valence-electron chi connectivity index (χ3n) is 5.59. The van der Waals surface area contributed by atoms with E-state index in [9.17, 15) is 8.42 Å². The molecule has 0 aliphatic rings. The molecule has 3 aromatic heterocycles. The van der Waals surface area contributed by atoms with Gasteiger partial charge >= 0.3 is 0 Å². The third-order valence-corrected chi connectivity index (χ3v) is 7.89. The molecule has 0 spiro atoms. The fourth-order valence-corrected chi connectivity index (χ4v) is 5.38. The highest BCUT2D eigenvalue weighted by Crippen LogP contribution is 2.29. The van der Waals surface area contributed by atoms with Gasteiger partial charge in [0.15, 0.2) is 5.65 Å². The van der Waals surface area contributed by atoms with Crippen molar-refractivity contribution >= 4 is 53.6 Å². The smallest absolute Gasteiger partial charge is 0.253 e. The van der Waals surface area contributed by atoms with Crippen molar-refractivity contribution in [3.05, 3.63) is 83.0 Å². The number of H-pyrrole nitrogens is 1. The summed E-state index contributed by atoms with van der Waals surface area (Å²) in [6, 6.07) is 19.7. The summed E-state index contributed by atoms with van der Waals surface area (Å²) in [5, 5.41) is 5.48. The molecule has 0 saturated carbocycles. The maximum atomic E-state index is 13.1. The van der Waals surface area contributed by atoms with Gasteiger partial charge in [0.25, 0.3) is 5.78 Å². The SMILES string of the molecule is Cc1ccc(S(=O)(=O)c2ccc3c(c2)[nH]c2nc4nc(-c5ccc(Br)cc5)cn4nc23)cc1. The van der Waals surface area contributed by atoms with E-state index in [1.807, 2.05) is 37.4 Å². The van der Waals surface area contributed by atoms with Gasteiger partial charge in [-0.25, -0.2) is 17.9 Å². The number of aromatic amines is 1. The summed E-state index contributed by atoms with van der Waals surface area (Å²) < 4.78 is 28.8. The minimum atomic E-state index is -3.63. The first-order valence-electron chi connectivity index (χ1n) is 10.1. The molecule has 0 fully saturated rings. The van der Waals surface area contributed by atoms with Gasteiger partial charge in [0, 0.05) is 15.4 Å². The number of nitrogens with one attached hydrogen (secondary N) is 1. The van der Waals surface area contributed by atoms with Crippen LogP contribution in [0.2, 0.25) is 0 Å². The van der Waals surface area contributed by atoms with E-state index < -0.39 is 9.84 Å². The molecule has 0 aliphatic carbocycles. The number of aryl methyl sites for hydroxylation is 1. The van der Waals surface area contributed by atoms with Crippen molar-refractivity contribution in [2.24, 2.45) is 0 Å². The Balaban J connectivity index is 1.46. The summed E-state index contributed by atoms with van der Waals surface area (Å²) in [4.78, 5) is 12.9. The predicted octanol–water partition coefficient (Wildman–Crippen LogP) is 5.33. The molecular formula is C24H16BrN5O2S. The van der Waals surface area contributed by atoms with Gasteiger partial charge in [-0.1, -0.05) is 45.8 Å². The van der Waals surface area contributed by atoms with Gasteiger partial charge in [0.1, 0.15) is 5.52 Å². The Kier molecular flexibility index (Phi) is 4.40. The third kappa shape index (κ3) is 3.32. The van der Waals surface area contributed by atoms with E-state index >= 15 is 0 Å².